The quantitative estimate of drug-likeness (QED) is 0.731. The van der Waals surface area contributed by atoms with Gasteiger partial charge in [0.25, 0.3) is 0 Å². The number of thioether (sulfide) groups is 1. The van der Waals surface area contributed by atoms with E-state index in [9.17, 15) is 19.5 Å². The third kappa shape index (κ3) is 5.61. The molecule has 0 radical (unpaired) electrons. The number of aryl methyl sites for hydroxylation is 1. The number of para-hydroxylation sites is 1. The molecule has 0 saturated heterocycles. The van der Waals surface area contributed by atoms with Crippen LogP contribution < -0.4 is 5.32 Å². The molecule has 2 N–H and O–H groups in total. The fourth-order valence-corrected chi connectivity index (χ4v) is 3.26. The van der Waals surface area contributed by atoms with E-state index in [0.29, 0.717) is 12.2 Å². The fraction of sp³-hybridized carbons (Fsp3) is 0.211. The minimum absolute atomic E-state index is 0.0393. The monoisotopic (exact) mass is 391 g/mol. The van der Waals surface area contributed by atoms with E-state index in [-0.39, 0.29) is 33.7 Å². The molecule has 0 aliphatic carbocycles. The second-order valence-electron chi connectivity index (χ2n) is 5.56. The number of hydrogen-bond donors (Lipinski definition) is 2. The molecule has 0 bridgehead atoms. The second kappa shape index (κ2) is 9.40. The first-order chi connectivity index (χ1) is 12.4. The van der Waals surface area contributed by atoms with Crippen molar-refractivity contribution in [1.82, 2.24) is 0 Å². The number of carboxylic acid groups (broad SMARTS) is 1. The summed E-state index contributed by atoms with van der Waals surface area (Å²) in [6.45, 7) is 1.52. The zero-order chi connectivity index (χ0) is 19.1. The molecule has 5 nitrogen and oxygen atoms in total. The van der Waals surface area contributed by atoms with Crippen molar-refractivity contribution in [2.75, 3.05) is 5.32 Å². The summed E-state index contributed by atoms with van der Waals surface area (Å²) in [4.78, 5) is 34.7. The highest BCUT2D eigenvalue weighted by Gasteiger charge is 2.16. The van der Waals surface area contributed by atoms with E-state index in [4.69, 9.17) is 11.6 Å². The molecular weight excluding hydrogens is 374 g/mol. The molecular formula is C19H18ClNO4S. The summed E-state index contributed by atoms with van der Waals surface area (Å²) in [6.07, 6.45) is 0.652. The first kappa shape index (κ1) is 20.0. The summed E-state index contributed by atoms with van der Waals surface area (Å²) in [5.74, 6) is -0.926. The number of benzene rings is 2. The predicted octanol–water partition coefficient (Wildman–Crippen LogP) is 4.39. The lowest BCUT2D eigenvalue weighted by Gasteiger charge is -2.11. The van der Waals surface area contributed by atoms with E-state index in [0.717, 1.165) is 11.1 Å². The largest absolute Gasteiger partial charge is 0.478 e. The number of anilines is 1. The first-order valence-electron chi connectivity index (χ1n) is 7.90. The smallest absolute Gasteiger partial charge is 0.337 e. The molecule has 0 unspecified atom stereocenters. The van der Waals surface area contributed by atoms with Crippen LogP contribution in [0.4, 0.5) is 5.69 Å². The maximum atomic E-state index is 12.3. The number of halogens is 1. The van der Waals surface area contributed by atoms with Gasteiger partial charge in [0.2, 0.25) is 5.91 Å². The third-order valence-corrected chi connectivity index (χ3v) is 4.86. The average Bonchev–Trinajstić information content (AvgIpc) is 2.60. The third-order valence-electron chi connectivity index (χ3n) is 3.68. The standard InChI is InChI=1S/C19H18ClNO4S/c1-12(22)26-11-14-6-3-2-5-13(14)9-10-17(23)21-18-15(19(24)25)7-4-8-16(18)20/h2-8H,9-11H2,1H3,(H,21,23)(H,24,25). The van der Waals surface area contributed by atoms with Gasteiger partial charge >= 0.3 is 5.97 Å². The van der Waals surface area contributed by atoms with Gasteiger partial charge in [0.05, 0.1) is 16.3 Å². The van der Waals surface area contributed by atoms with Crippen molar-refractivity contribution in [2.24, 2.45) is 0 Å². The Kier molecular flexibility index (Phi) is 7.24. The molecule has 0 aliphatic heterocycles. The molecule has 2 aromatic carbocycles. The van der Waals surface area contributed by atoms with Crippen LogP contribution in [0.3, 0.4) is 0 Å². The number of carbonyl (C=O) groups is 3. The van der Waals surface area contributed by atoms with Gasteiger partial charge < -0.3 is 10.4 Å². The molecule has 1 amide bonds. The Morgan fingerprint density at radius 2 is 1.77 bits per heavy atom. The maximum Gasteiger partial charge on any atom is 0.337 e. The van der Waals surface area contributed by atoms with Crippen molar-refractivity contribution in [2.45, 2.75) is 25.5 Å². The van der Waals surface area contributed by atoms with E-state index in [1.807, 2.05) is 24.3 Å². The van der Waals surface area contributed by atoms with Crippen LogP contribution in [0.1, 0.15) is 34.8 Å². The lowest BCUT2D eigenvalue weighted by molar-refractivity contribution is -0.116. The van der Waals surface area contributed by atoms with Gasteiger partial charge in [-0.25, -0.2) is 4.79 Å². The lowest BCUT2D eigenvalue weighted by atomic mass is 10.0. The van der Waals surface area contributed by atoms with Crippen molar-refractivity contribution < 1.29 is 19.5 Å². The molecule has 136 valence electrons. The number of nitrogens with one attached hydrogen (secondary N) is 1. The van der Waals surface area contributed by atoms with E-state index >= 15 is 0 Å². The highest BCUT2D eigenvalue weighted by atomic mass is 35.5. The van der Waals surface area contributed by atoms with Crippen molar-refractivity contribution >= 4 is 46.0 Å². The lowest BCUT2D eigenvalue weighted by Crippen LogP contribution is -2.16. The van der Waals surface area contributed by atoms with Gasteiger partial charge in [-0.05, 0) is 29.7 Å². The maximum absolute atomic E-state index is 12.3. The molecule has 0 heterocycles. The van der Waals surface area contributed by atoms with Crippen LogP contribution in [0.5, 0.6) is 0 Å². The van der Waals surface area contributed by atoms with Gasteiger partial charge in [-0.1, -0.05) is 53.7 Å². The Labute approximate surface area is 160 Å². The Morgan fingerprint density at radius 1 is 1.08 bits per heavy atom. The fourth-order valence-electron chi connectivity index (χ4n) is 2.40. The molecule has 7 heteroatoms. The summed E-state index contributed by atoms with van der Waals surface area (Å²) in [6, 6.07) is 12.1. The van der Waals surface area contributed by atoms with Crippen LogP contribution in [-0.4, -0.2) is 22.1 Å². The van der Waals surface area contributed by atoms with Crippen LogP contribution in [0.15, 0.2) is 42.5 Å². The number of amides is 1. The minimum Gasteiger partial charge on any atom is -0.478 e. The highest BCUT2D eigenvalue weighted by molar-refractivity contribution is 8.12. The van der Waals surface area contributed by atoms with Crippen molar-refractivity contribution in [3.63, 3.8) is 0 Å². The Bertz CT molecular complexity index is 838. The van der Waals surface area contributed by atoms with E-state index < -0.39 is 5.97 Å². The Hall–Kier alpha value is -2.31. The first-order valence-corrected chi connectivity index (χ1v) is 9.26. The summed E-state index contributed by atoms with van der Waals surface area (Å²) in [7, 11) is 0. The molecule has 0 saturated carbocycles. The van der Waals surface area contributed by atoms with Crippen molar-refractivity contribution in [1.29, 1.82) is 0 Å². The zero-order valence-electron chi connectivity index (χ0n) is 14.1. The molecule has 0 aromatic heterocycles. The van der Waals surface area contributed by atoms with Crippen LogP contribution in [0.2, 0.25) is 5.02 Å². The van der Waals surface area contributed by atoms with Crippen molar-refractivity contribution in [3.8, 4) is 0 Å². The molecule has 0 atom stereocenters. The molecule has 2 aromatic rings. The van der Waals surface area contributed by atoms with E-state index in [1.54, 1.807) is 0 Å². The summed E-state index contributed by atoms with van der Waals surface area (Å²) < 4.78 is 0. The molecule has 2 rings (SSSR count). The van der Waals surface area contributed by atoms with Crippen LogP contribution >= 0.6 is 23.4 Å². The average molecular weight is 392 g/mol. The summed E-state index contributed by atoms with van der Waals surface area (Å²) in [5, 5.41) is 12.0. The molecule has 0 aliphatic rings. The highest BCUT2D eigenvalue weighted by Crippen LogP contribution is 2.26. The topological polar surface area (TPSA) is 83.5 Å². The van der Waals surface area contributed by atoms with E-state index in [2.05, 4.69) is 5.32 Å². The molecule has 0 fully saturated rings. The van der Waals surface area contributed by atoms with E-state index in [1.165, 1.54) is 36.9 Å². The zero-order valence-corrected chi connectivity index (χ0v) is 15.7. The van der Waals surface area contributed by atoms with Crippen LogP contribution in [0.25, 0.3) is 0 Å². The number of carboxylic acids is 1. The summed E-state index contributed by atoms with van der Waals surface area (Å²) in [5.41, 5.74) is 2.04. The predicted molar refractivity (Wildman–Crippen MR) is 104 cm³/mol. The summed E-state index contributed by atoms with van der Waals surface area (Å²) >= 11 is 7.24. The molecule has 26 heavy (non-hydrogen) atoms. The van der Waals surface area contributed by atoms with Gasteiger partial charge in [-0.15, -0.1) is 0 Å². The number of carbonyl (C=O) groups excluding carboxylic acids is 2. The number of rotatable bonds is 7. The Balaban J connectivity index is 2.05. The second-order valence-corrected chi connectivity index (χ2v) is 7.12. The van der Waals surface area contributed by atoms with Crippen molar-refractivity contribution in [3.05, 3.63) is 64.2 Å². The van der Waals surface area contributed by atoms with Crippen LogP contribution in [0, 0.1) is 0 Å². The Morgan fingerprint density at radius 3 is 2.42 bits per heavy atom. The minimum atomic E-state index is -1.16. The van der Waals surface area contributed by atoms with Gasteiger partial charge in [-0.3, -0.25) is 9.59 Å². The van der Waals surface area contributed by atoms with Gasteiger partial charge in [0, 0.05) is 19.1 Å². The van der Waals surface area contributed by atoms with Gasteiger partial charge in [-0.2, -0.15) is 0 Å². The number of aromatic carboxylic acids is 1. The van der Waals surface area contributed by atoms with Gasteiger partial charge in [0.15, 0.2) is 5.12 Å². The van der Waals surface area contributed by atoms with Crippen LogP contribution in [-0.2, 0) is 21.8 Å². The van der Waals surface area contributed by atoms with Gasteiger partial charge in [0.1, 0.15) is 0 Å². The molecule has 0 spiro atoms. The number of hydrogen-bond acceptors (Lipinski definition) is 4. The normalized spacial score (nSPS) is 10.4. The SMILES string of the molecule is CC(=O)SCc1ccccc1CCC(=O)Nc1c(Cl)cccc1C(=O)O.